The van der Waals surface area contributed by atoms with Gasteiger partial charge in [0.25, 0.3) is 0 Å². The zero-order valence-electron chi connectivity index (χ0n) is 14.5. The van der Waals surface area contributed by atoms with E-state index in [0.717, 1.165) is 21.3 Å². The number of thiazole rings is 1. The summed E-state index contributed by atoms with van der Waals surface area (Å²) >= 11 is 1.52. The number of benzene rings is 2. The predicted octanol–water partition coefficient (Wildman–Crippen LogP) is 5.08. The van der Waals surface area contributed by atoms with Crippen LogP contribution in [0.3, 0.4) is 0 Å². The molecule has 0 N–H and O–H groups in total. The van der Waals surface area contributed by atoms with Crippen LogP contribution in [-0.4, -0.2) is 22.8 Å². The number of hydrogen-bond donors (Lipinski definition) is 0. The summed E-state index contributed by atoms with van der Waals surface area (Å²) in [4.78, 5) is 18.8. The maximum atomic E-state index is 13.2. The zero-order valence-corrected chi connectivity index (χ0v) is 15.3. The Morgan fingerprint density at radius 3 is 2.63 bits per heavy atom. The molecule has 27 heavy (non-hydrogen) atoms. The van der Waals surface area contributed by atoms with Crippen LogP contribution in [0.25, 0.3) is 10.2 Å². The number of aromatic nitrogens is 1. The van der Waals surface area contributed by atoms with Gasteiger partial charge in [0.1, 0.15) is 5.01 Å². The molecule has 2 aromatic carbocycles. The van der Waals surface area contributed by atoms with Gasteiger partial charge in [0.2, 0.25) is 5.91 Å². The number of halogens is 3. The molecular weight excluding hydrogens is 373 g/mol. The van der Waals surface area contributed by atoms with E-state index in [1.165, 1.54) is 23.5 Å². The van der Waals surface area contributed by atoms with Crippen molar-refractivity contribution in [3.63, 3.8) is 0 Å². The van der Waals surface area contributed by atoms with Gasteiger partial charge in [-0.2, -0.15) is 13.2 Å². The number of nitrogens with zero attached hydrogens (tertiary/aromatic N) is 2. The average Bonchev–Trinajstić information content (AvgIpc) is 3.32. The molecule has 0 radical (unpaired) electrons. The van der Waals surface area contributed by atoms with Crippen LogP contribution in [0, 0.1) is 5.92 Å². The molecule has 0 aliphatic heterocycles. The number of alkyl halides is 3. The summed E-state index contributed by atoms with van der Waals surface area (Å²) in [6, 6.07) is 13.3. The minimum atomic E-state index is -4.40. The second kappa shape index (κ2) is 6.64. The molecule has 1 heterocycles. The minimum absolute atomic E-state index is 0.128. The molecule has 1 aliphatic rings. The molecule has 7 heteroatoms. The number of carbonyl (C=O) groups excluding carboxylic acids is 1. The SMILES string of the molecule is CN(Cc1nc2ccccc2s1)C(=O)C1CC1c1ccccc1C(F)(F)F. The number of hydrogen-bond acceptors (Lipinski definition) is 3. The molecule has 3 aromatic rings. The summed E-state index contributed by atoms with van der Waals surface area (Å²) in [5.41, 5.74) is 0.470. The van der Waals surface area contributed by atoms with Gasteiger partial charge in [0.15, 0.2) is 0 Å². The van der Waals surface area contributed by atoms with E-state index in [9.17, 15) is 18.0 Å². The van der Waals surface area contributed by atoms with Crippen molar-refractivity contribution in [1.29, 1.82) is 0 Å². The molecule has 1 aliphatic carbocycles. The quantitative estimate of drug-likeness (QED) is 0.623. The first-order valence-electron chi connectivity index (χ1n) is 8.60. The van der Waals surface area contributed by atoms with Gasteiger partial charge < -0.3 is 4.90 Å². The van der Waals surface area contributed by atoms with E-state index in [-0.39, 0.29) is 17.4 Å². The first-order chi connectivity index (χ1) is 12.8. The van der Waals surface area contributed by atoms with Crippen LogP contribution in [0.15, 0.2) is 48.5 Å². The highest BCUT2D eigenvalue weighted by molar-refractivity contribution is 7.18. The highest BCUT2D eigenvalue weighted by Crippen LogP contribution is 2.51. The molecule has 2 unspecified atom stereocenters. The molecule has 2 atom stereocenters. The van der Waals surface area contributed by atoms with Crippen LogP contribution in [-0.2, 0) is 17.5 Å². The van der Waals surface area contributed by atoms with Crippen molar-refractivity contribution in [2.45, 2.75) is 25.1 Å². The molecule has 1 aromatic heterocycles. The van der Waals surface area contributed by atoms with Crippen molar-refractivity contribution < 1.29 is 18.0 Å². The third kappa shape index (κ3) is 3.56. The molecule has 1 saturated carbocycles. The highest BCUT2D eigenvalue weighted by atomic mass is 32.1. The Bertz CT molecular complexity index is 965. The monoisotopic (exact) mass is 390 g/mol. The van der Waals surface area contributed by atoms with Gasteiger partial charge in [-0.15, -0.1) is 11.3 Å². The van der Waals surface area contributed by atoms with Crippen molar-refractivity contribution in [3.05, 3.63) is 64.7 Å². The minimum Gasteiger partial charge on any atom is -0.339 e. The van der Waals surface area contributed by atoms with E-state index >= 15 is 0 Å². The number of amides is 1. The lowest BCUT2D eigenvalue weighted by Gasteiger charge is -2.16. The van der Waals surface area contributed by atoms with Crippen molar-refractivity contribution in [2.75, 3.05) is 7.05 Å². The summed E-state index contributed by atoms with van der Waals surface area (Å²) in [6.07, 6.45) is -3.95. The van der Waals surface area contributed by atoms with Crippen LogP contribution >= 0.6 is 11.3 Å². The summed E-state index contributed by atoms with van der Waals surface area (Å²) in [7, 11) is 1.68. The molecule has 4 rings (SSSR count). The van der Waals surface area contributed by atoms with Gasteiger partial charge in [0.05, 0.1) is 22.3 Å². The average molecular weight is 390 g/mol. The fourth-order valence-electron chi connectivity index (χ4n) is 3.44. The van der Waals surface area contributed by atoms with Crippen molar-refractivity contribution in [1.82, 2.24) is 9.88 Å². The summed E-state index contributed by atoms with van der Waals surface area (Å²) in [5.74, 6) is -0.891. The fraction of sp³-hybridized carbons (Fsp3) is 0.300. The maximum Gasteiger partial charge on any atom is 0.416 e. The Morgan fingerprint density at radius 1 is 1.19 bits per heavy atom. The third-order valence-electron chi connectivity index (χ3n) is 4.86. The Balaban J connectivity index is 1.47. The second-order valence-corrected chi connectivity index (χ2v) is 7.92. The van der Waals surface area contributed by atoms with Crippen LogP contribution < -0.4 is 0 Å². The van der Waals surface area contributed by atoms with Crippen molar-refractivity contribution in [2.24, 2.45) is 5.92 Å². The lowest BCUT2D eigenvalue weighted by molar-refractivity contribution is -0.138. The number of fused-ring (bicyclic) bond motifs is 1. The number of para-hydroxylation sites is 1. The first-order valence-corrected chi connectivity index (χ1v) is 9.42. The van der Waals surface area contributed by atoms with Gasteiger partial charge in [-0.1, -0.05) is 30.3 Å². The van der Waals surface area contributed by atoms with Crippen LogP contribution in [0.2, 0.25) is 0 Å². The Kier molecular flexibility index (Phi) is 4.42. The summed E-state index contributed by atoms with van der Waals surface area (Å²) < 4.78 is 40.7. The van der Waals surface area contributed by atoms with E-state index in [2.05, 4.69) is 4.98 Å². The molecule has 1 amide bonds. The lowest BCUT2D eigenvalue weighted by atomic mass is 10.0. The molecule has 140 valence electrons. The Labute approximate surface area is 158 Å². The van der Waals surface area contributed by atoms with Gasteiger partial charge >= 0.3 is 6.18 Å². The van der Waals surface area contributed by atoms with Crippen LogP contribution in [0.5, 0.6) is 0 Å². The second-order valence-electron chi connectivity index (χ2n) is 6.80. The van der Waals surface area contributed by atoms with Crippen LogP contribution in [0.4, 0.5) is 13.2 Å². The normalized spacial score (nSPS) is 19.3. The van der Waals surface area contributed by atoms with Crippen LogP contribution in [0.1, 0.15) is 28.5 Å². The van der Waals surface area contributed by atoms with Crippen molar-refractivity contribution in [3.8, 4) is 0 Å². The molecule has 0 saturated heterocycles. The Hall–Kier alpha value is -2.41. The number of rotatable bonds is 4. The van der Waals surface area contributed by atoms with Gasteiger partial charge in [0, 0.05) is 13.0 Å². The first kappa shape index (κ1) is 18.0. The van der Waals surface area contributed by atoms with Gasteiger partial charge in [-0.3, -0.25) is 4.79 Å². The Morgan fingerprint density at radius 2 is 1.89 bits per heavy atom. The topological polar surface area (TPSA) is 33.2 Å². The number of carbonyl (C=O) groups is 1. The van der Waals surface area contributed by atoms with E-state index in [1.807, 2.05) is 24.3 Å². The summed E-state index contributed by atoms with van der Waals surface area (Å²) in [5, 5.41) is 0.819. The van der Waals surface area contributed by atoms with E-state index < -0.39 is 17.7 Å². The van der Waals surface area contributed by atoms with Crippen molar-refractivity contribution >= 4 is 27.5 Å². The lowest BCUT2D eigenvalue weighted by Crippen LogP contribution is -2.28. The largest absolute Gasteiger partial charge is 0.416 e. The standard InChI is InChI=1S/C20H17F3N2OS/c1-25(11-18-24-16-8-4-5-9-17(16)27-18)19(26)14-10-13(14)12-6-2-3-7-15(12)20(21,22)23/h2-9,13-14H,10-11H2,1H3. The predicted molar refractivity (Wildman–Crippen MR) is 98.4 cm³/mol. The zero-order chi connectivity index (χ0) is 19.2. The van der Waals surface area contributed by atoms with Gasteiger partial charge in [-0.05, 0) is 36.1 Å². The maximum absolute atomic E-state index is 13.2. The van der Waals surface area contributed by atoms with E-state index in [0.29, 0.717) is 13.0 Å². The summed E-state index contributed by atoms with van der Waals surface area (Å²) in [6.45, 7) is 0.363. The molecular formula is C20H17F3N2OS. The van der Waals surface area contributed by atoms with E-state index in [1.54, 1.807) is 18.0 Å². The smallest absolute Gasteiger partial charge is 0.339 e. The third-order valence-corrected chi connectivity index (χ3v) is 5.88. The molecule has 1 fully saturated rings. The molecule has 0 spiro atoms. The molecule has 3 nitrogen and oxygen atoms in total. The highest BCUT2D eigenvalue weighted by Gasteiger charge is 2.48. The fourth-order valence-corrected chi connectivity index (χ4v) is 4.46. The molecule has 0 bridgehead atoms. The van der Waals surface area contributed by atoms with Gasteiger partial charge in [-0.25, -0.2) is 4.98 Å². The van der Waals surface area contributed by atoms with E-state index in [4.69, 9.17) is 0 Å².